The summed E-state index contributed by atoms with van der Waals surface area (Å²) in [6, 6.07) is 7.46. The zero-order valence-electron chi connectivity index (χ0n) is 12.8. The van der Waals surface area contributed by atoms with Crippen LogP contribution in [0.1, 0.15) is 25.3 Å². The van der Waals surface area contributed by atoms with E-state index in [1.54, 1.807) is 17.8 Å². The Morgan fingerprint density at radius 1 is 1.50 bits per heavy atom. The molecule has 1 heterocycles. The number of aliphatic carboxylic acids is 1. The van der Waals surface area contributed by atoms with Gasteiger partial charge in [-0.15, -0.1) is 0 Å². The van der Waals surface area contributed by atoms with Crippen LogP contribution in [-0.4, -0.2) is 40.1 Å². The second-order valence-electron chi connectivity index (χ2n) is 5.51. The third kappa shape index (κ3) is 3.74. The number of ether oxygens (including phenoxy) is 1. The highest BCUT2D eigenvalue weighted by molar-refractivity contribution is 7.99. The third-order valence-electron chi connectivity index (χ3n) is 3.72. The minimum atomic E-state index is -1.16. The van der Waals surface area contributed by atoms with Gasteiger partial charge in [-0.05, 0) is 43.2 Å². The highest BCUT2D eigenvalue weighted by Gasteiger charge is 2.44. The molecule has 5 nitrogen and oxygen atoms in total. The van der Waals surface area contributed by atoms with Crippen molar-refractivity contribution in [2.45, 2.75) is 38.3 Å². The maximum absolute atomic E-state index is 12.4. The van der Waals surface area contributed by atoms with E-state index >= 15 is 0 Å². The van der Waals surface area contributed by atoms with Gasteiger partial charge >= 0.3 is 5.97 Å². The summed E-state index contributed by atoms with van der Waals surface area (Å²) in [6.45, 7) is 3.79. The molecule has 2 N–H and O–H groups in total. The van der Waals surface area contributed by atoms with Crippen molar-refractivity contribution < 1.29 is 19.4 Å². The van der Waals surface area contributed by atoms with Crippen molar-refractivity contribution in [2.24, 2.45) is 0 Å². The van der Waals surface area contributed by atoms with Gasteiger partial charge < -0.3 is 15.2 Å². The number of amides is 1. The predicted molar refractivity (Wildman–Crippen MR) is 86.3 cm³/mol. The van der Waals surface area contributed by atoms with Crippen molar-refractivity contribution in [3.05, 3.63) is 29.8 Å². The fourth-order valence-corrected chi connectivity index (χ4v) is 3.70. The standard InChI is InChI=1S/C16H21NO4S/c1-3-13(21-12-6-4-5-11(2)9-12)14(18)17-16(15(19)20)7-8-22-10-16/h4-6,9,13H,3,7-8,10H2,1-2H3,(H,17,18)(H,19,20). The molecule has 0 saturated carbocycles. The predicted octanol–water partition coefficient (Wildman–Crippen LogP) is 2.23. The number of aryl methyl sites for hydroxylation is 1. The van der Waals surface area contributed by atoms with Crippen LogP contribution in [0.5, 0.6) is 5.75 Å². The van der Waals surface area contributed by atoms with Crippen molar-refractivity contribution >= 4 is 23.6 Å². The molecule has 0 radical (unpaired) electrons. The molecule has 1 fully saturated rings. The first-order valence-corrected chi connectivity index (χ1v) is 8.49. The van der Waals surface area contributed by atoms with E-state index in [2.05, 4.69) is 5.32 Å². The second kappa shape index (κ2) is 7.05. The van der Waals surface area contributed by atoms with Gasteiger partial charge in [-0.25, -0.2) is 4.79 Å². The van der Waals surface area contributed by atoms with Gasteiger partial charge in [-0.1, -0.05) is 19.1 Å². The Bertz CT molecular complexity index is 555. The maximum Gasteiger partial charge on any atom is 0.330 e. The lowest BCUT2D eigenvalue weighted by Gasteiger charge is -2.27. The Labute approximate surface area is 134 Å². The molecule has 0 bridgehead atoms. The molecule has 1 amide bonds. The molecular weight excluding hydrogens is 302 g/mol. The molecule has 0 aliphatic carbocycles. The summed E-state index contributed by atoms with van der Waals surface area (Å²) in [5.74, 6) is 0.411. The summed E-state index contributed by atoms with van der Waals surface area (Å²) in [5, 5.41) is 12.1. The van der Waals surface area contributed by atoms with Crippen LogP contribution in [0.2, 0.25) is 0 Å². The van der Waals surface area contributed by atoms with Crippen LogP contribution in [0.15, 0.2) is 24.3 Å². The van der Waals surface area contributed by atoms with Crippen molar-refractivity contribution in [3.63, 3.8) is 0 Å². The number of nitrogens with one attached hydrogen (secondary N) is 1. The number of hydrogen-bond acceptors (Lipinski definition) is 4. The lowest BCUT2D eigenvalue weighted by atomic mass is 9.98. The Morgan fingerprint density at radius 3 is 2.82 bits per heavy atom. The average Bonchev–Trinajstić information content (AvgIpc) is 2.94. The Hall–Kier alpha value is -1.69. The molecule has 1 saturated heterocycles. The van der Waals surface area contributed by atoms with Crippen LogP contribution in [0.4, 0.5) is 0 Å². The quantitative estimate of drug-likeness (QED) is 0.839. The van der Waals surface area contributed by atoms with E-state index in [0.29, 0.717) is 24.3 Å². The topological polar surface area (TPSA) is 75.6 Å². The number of benzene rings is 1. The van der Waals surface area contributed by atoms with Crippen LogP contribution in [0, 0.1) is 6.92 Å². The van der Waals surface area contributed by atoms with E-state index in [1.165, 1.54) is 0 Å². The van der Waals surface area contributed by atoms with E-state index < -0.39 is 17.6 Å². The average molecular weight is 323 g/mol. The third-order valence-corrected chi connectivity index (χ3v) is 4.91. The Kier molecular flexibility index (Phi) is 5.34. The number of carbonyl (C=O) groups is 2. The van der Waals surface area contributed by atoms with Gasteiger partial charge in [0.05, 0.1) is 0 Å². The zero-order chi connectivity index (χ0) is 16.2. The monoisotopic (exact) mass is 323 g/mol. The number of thioether (sulfide) groups is 1. The van der Waals surface area contributed by atoms with Crippen molar-refractivity contribution in [1.29, 1.82) is 0 Å². The molecule has 0 spiro atoms. The Balaban J connectivity index is 2.07. The molecule has 120 valence electrons. The van der Waals surface area contributed by atoms with E-state index in [1.807, 2.05) is 32.0 Å². The number of carboxylic acids is 1. The van der Waals surface area contributed by atoms with Crippen LogP contribution in [0.25, 0.3) is 0 Å². The second-order valence-corrected chi connectivity index (χ2v) is 6.62. The largest absolute Gasteiger partial charge is 0.481 e. The van der Waals surface area contributed by atoms with Gasteiger partial charge in [0.1, 0.15) is 11.3 Å². The number of carbonyl (C=O) groups excluding carboxylic acids is 1. The molecule has 1 aromatic rings. The lowest BCUT2D eigenvalue weighted by Crippen LogP contribution is -2.57. The van der Waals surface area contributed by atoms with Gasteiger partial charge in [-0.2, -0.15) is 11.8 Å². The molecule has 0 aromatic heterocycles. The first-order chi connectivity index (χ1) is 10.5. The van der Waals surface area contributed by atoms with Crippen LogP contribution in [-0.2, 0) is 9.59 Å². The minimum absolute atomic E-state index is 0.367. The molecule has 22 heavy (non-hydrogen) atoms. The Morgan fingerprint density at radius 2 is 2.27 bits per heavy atom. The van der Waals surface area contributed by atoms with Gasteiger partial charge in [0.25, 0.3) is 5.91 Å². The van der Waals surface area contributed by atoms with E-state index in [4.69, 9.17) is 4.74 Å². The molecule has 2 unspecified atom stereocenters. The molecule has 2 atom stereocenters. The van der Waals surface area contributed by atoms with E-state index in [9.17, 15) is 14.7 Å². The lowest BCUT2D eigenvalue weighted by molar-refractivity contribution is -0.147. The van der Waals surface area contributed by atoms with Crippen LogP contribution < -0.4 is 10.1 Å². The first kappa shape index (κ1) is 16.7. The van der Waals surface area contributed by atoms with Crippen molar-refractivity contribution in [3.8, 4) is 5.75 Å². The van der Waals surface area contributed by atoms with Crippen LogP contribution >= 0.6 is 11.8 Å². The molecule has 1 aromatic carbocycles. The molecule has 6 heteroatoms. The van der Waals surface area contributed by atoms with Gasteiger partial charge in [0.15, 0.2) is 6.10 Å². The summed E-state index contributed by atoms with van der Waals surface area (Å²) in [5.41, 5.74) is -0.118. The van der Waals surface area contributed by atoms with Gasteiger partial charge in [0.2, 0.25) is 0 Å². The SMILES string of the molecule is CCC(Oc1cccc(C)c1)C(=O)NC1(C(=O)O)CCSC1. The number of rotatable bonds is 6. The minimum Gasteiger partial charge on any atom is -0.481 e. The normalized spacial score (nSPS) is 22.1. The first-order valence-electron chi connectivity index (χ1n) is 7.33. The van der Waals surface area contributed by atoms with Gasteiger partial charge in [-0.3, -0.25) is 4.79 Å². The van der Waals surface area contributed by atoms with Gasteiger partial charge in [0, 0.05) is 5.75 Å². The summed E-state index contributed by atoms with van der Waals surface area (Å²) in [7, 11) is 0. The maximum atomic E-state index is 12.4. The summed E-state index contributed by atoms with van der Waals surface area (Å²) in [6.07, 6.45) is 0.228. The van der Waals surface area contributed by atoms with Crippen molar-refractivity contribution in [1.82, 2.24) is 5.32 Å². The molecule has 1 aliphatic rings. The summed E-state index contributed by atoms with van der Waals surface area (Å²) < 4.78 is 5.73. The molecular formula is C16H21NO4S. The van der Waals surface area contributed by atoms with E-state index in [0.717, 1.165) is 11.3 Å². The fourth-order valence-electron chi connectivity index (χ4n) is 2.38. The fraction of sp³-hybridized carbons (Fsp3) is 0.500. The van der Waals surface area contributed by atoms with Crippen LogP contribution in [0.3, 0.4) is 0 Å². The van der Waals surface area contributed by atoms with Crippen molar-refractivity contribution in [2.75, 3.05) is 11.5 Å². The summed E-state index contributed by atoms with van der Waals surface area (Å²) in [4.78, 5) is 23.9. The number of carboxylic acid groups (broad SMARTS) is 1. The molecule has 2 rings (SSSR count). The highest BCUT2D eigenvalue weighted by atomic mass is 32.2. The highest BCUT2D eigenvalue weighted by Crippen LogP contribution is 2.28. The smallest absolute Gasteiger partial charge is 0.330 e. The van der Waals surface area contributed by atoms with E-state index in [-0.39, 0.29) is 5.91 Å². The molecule has 1 aliphatic heterocycles. The summed E-state index contributed by atoms with van der Waals surface area (Å²) >= 11 is 1.54. The number of hydrogen-bond donors (Lipinski definition) is 2. The zero-order valence-corrected chi connectivity index (χ0v) is 13.6.